The van der Waals surface area contributed by atoms with Gasteiger partial charge in [0.15, 0.2) is 0 Å². The first-order valence-electron chi connectivity index (χ1n) is 6.15. The maximum Gasteiger partial charge on any atom is 0.274 e. The van der Waals surface area contributed by atoms with E-state index in [4.69, 9.17) is 0 Å². The van der Waals surface area contributed by atoms with E-state index in [1.54, 1.807) is 6.07 Å². The van der Waals surface area contributed by atoms with Crippen LogP contribution in [0.4, 0.5) is 5.69 Å². The highest BCUT2D eigenvalue weighted by molar-refractivity contribution is 6.03. The zero-order chi connectivity index (χ0) is 14.0. The van der Waals surface area contributed by atoms with Crippen molar-refractivity contribution in [3.8, 4) is 0 Å². The van der Waals surface area contributed by atoms with E-state index in [0.717, 1.165) is 22.5 Å². The molecule has 2 aromatic rings. The van der Waals surface area contributed by atoms with Gasteiger partial charge in [-0.3, -0.25) is 4.79 Å². The molecule has 0 aliphatic rings. The highest BCUT2D eigenvalue weighted by Crippen LogP contribution is 2.22. The summed E-state index contributed by atoms with van der Waals surface area (Å²) in [6, 6.07) is 5.77. The molecule has 0 spiro atoms. The lowest BCUT2D eigenvalue weighted by Crippen LogP contribution is -2.15. The second kappa shape index (κ2) is 5.18. The van der Waals surface area contributed by atoms with Crippen LogP contribution in [0.3, 0.4) is 0 Å². The summed E-state index contributed by atoms with van der Waals surface area (Å²) in [6.07, 6.45) is 1.40. The largest absolute Gasteiger partial charge is 0.320 e. The summed E-state index contributed by atoms with van der Waals surface area (Å²) in [5.41, 5.74) is 5.30. The predicted molar refractivity (Wildman–Crippen MR) is 75.4 cm³/mol. The van der Waals surface area contributed by atoms with Gasteiger partial charge in [-0.2, -0.15) is 0 Å². The molecule has 2 rings (SSSR count). The first-order valence-corrected chi connectivity index (χ1v) is 6.15. The molecule has 0 saturated carbocycles. The Bertz CT molecular complexity index is 612. The van der Waals surface area contributed by atoms with E-state index in [1.165, 1.54) is 11.9 Å². The van der Waals surface area contributed by atoms with Crippen LogP contribution in [0.1, 0.15) is 32.9 Å². The van der Waals surface area contributed by atoms with Crippen LogP contribution in [0.25, 0.3) is 0 Å². The molecule has 98 valence electrons. The van der Waals surface area contributed by atoms with Gasteiger partial charge in [-0.05, 0) is 44.9 Å². The molecule has 0 bridgehead atoms. The Morgan fingerprint density at radius 1 is 1.00 bits per heavy atom. The van der Waals surface area contributed by atoms with E-state index in [2.05, 4.69) is 15.3 Å². The summed E-state index contributed by atoms with van der Waals surface area (Å²) in [6.45, 7) is 7.85. The minimum absolute atomic E-state index is 0.208. The molecule has 19 heavy (non-hydrogen) atoms. The van der Waals surface area contributed by atoms with Crippen molar-refractivity contribution < 1.29 is 4.79 Å². The summed E-state index contributed by atoms with van der Waals surface area (Å²) in [5.74, 6) is -0.208. The van der Waals surface area contributed by atoms with Crippen LogP contribution in [0.2, 0.25) is 0 Å². The average molecular weight is 255 g/mol. The van der Waals surface area contributed by atoms with Gasteiger partial charge in [0.2, 0.25) is 0 Å². The maximum absolute atomic E-state index is 12.2. The third kappa shape index (κ3) is 2.96. The number of amides is 1. The Morgan fingerprint density at radius 2 is 1.63 bits per heavy atom. The Morgan fingerprint density at radius 3 is 2.21 bits per heavy atom. The molecular weight excluding hydrogens is 238 g/mol. The number of rotatable bonds is 2. The van der Waals surface area contributed by atoms with Crippen molar-refractivity contribution in [3.63, 3.8) is 0 Å². The number of anilines is 1. The van der Waals surface area contributed by atoms with E-state index in [-0.39, 0.29) is 5.91 Å². The van der Waals surface area contributed by atoms with Gasteiger partial charge >= 0.3 is 0 Å². The van der Waals surface area contributed by atoms with Crippen molar-refractivity contribution in [1.29, 1.82) is 0 Å². The third-order valence-corrected chi connectivity index (χ3v) is 2.95. The summed E-state index contributed by atoms with van der Waals surface area (Å²) >= 11 is 0. The van der Waals surface area contributed by atoms with Crippen LogP contribution < -0.4 is 5.32 Å². The molecule has 1 heterocycles. The molecule has 1 N–H and O–H groups in total. The zero-order valence-corrected chi connectivity index (χ0v) is 11.6. The average Bonchev–Trinajstić information content (AvgIpc) is 2.33. The van der Waals surface area contributed by atoms with Gasteiger partial charge in [0, 0.05) is 11.4 Å². The number of nitrogens with zero attached hydrogens (tertiary/aromatic N) is 2. The number of aryl methyl sites for hydroxylation is 4. The summed E-state index contributed by atoms with van der Waals surface area (Å²) in [4.78, 5) is 20.1. The molecule has 0 radical (unpaired) electrons. The first-order chi connectivity index (χ1) is 8.97. The molecule has 0 fully saturated rings. The Kier molecular flexibility index (Phi) is 3.60. The molecular formula is C15H17N3O. The summed E-state index contributed by atoms with van der Waals surface area (Å²) in [7, 11) is 0. The van der Waals surface area contributed by atoms with E-state index >= 15 is 0 Å². The second-order valence-electron chi connectivity index (χ2n) is 4.77. The van der Waals surface area contributed by atoms with Crippen LogP contribution in [-0.4, -0.2) is 15.9 Å². The van der Waals surface area contributed by atoms with Crippen LogP contribution >= 0.6 is 0 Å². The van der Waals surface area contributed by atoms with E-state index in [9.17, 15) is 4.79 Å². The molecule has 0 atom stereocenters. The van der Waals surface area contributed by atoms with E-state index in [0.29, 0.717) is 5.69 Å². The van der Waals surface area contributed by atoms with Gasteiger partial charge in [-0.25, -0.2) is 9.97 Å². The monoisotopic (exact) mass is 255 g/mol. The van der Waals surface area contributed by atoms with Gasteiger partial charge in [0.25, 0.3) is 5.91 Å². The molecule has 4 heteroatoms. The minimum atomic E-state index is -0.208. The van der Waals surface area contributed by atoms with Gasteiger partial charge in [0.1, 0.15) is 12.0 Å². The standard InChI is InChI=1S/C15H17N3O/c1-9-5-10(2)14(11(3)6-9)18-15(19)13-7-12(4)16-8-17-13/h5-8H,1-4H3,(H,18,19). The number of carbonyl (C=O) groups is 1. The Hall–Kier alpha value is -2.23. The Labute approximate surface area is 112 Å². The lowest BCUT2D eigenvalue weighted by molar-refractivity contribution is 0.102. The van der Waals surface area contributed by atoms with Crippen molar-refractivity contribution in [1.82, 2.24) is 9.97 Å². The van der Waals surface area contributed by atoms with E-state index in [1.807, 2.05) is 39.8 Å². The topological polar surface area (TPSA) is 54.9 Å². The Balaban J connectivity index is 2.29. The summed E-state index contributed by atoms with van der Waals surface area (Å²) in [5, 5.41) is 2.92. The van der Waals surface area contributed by atoms with E-state index < -0.39 is 0 Å². The van der Waals surface area contributed by atoms with Crippen molar-refractivity contribution in [2.75, 3.05) is 5.32 Å². The molecule has 4 nitrogen and oxygen atoms in total. The van der Waals surface area contributed by atoms with Crippen molar-refractivity contribution in [3.05, 3.63) is 52.6 Å². The minimum Gasteiger partial charge on any atom is -0.320 e. The zero-order valence-electron chi connectivity index (χ0n) is 11.6. The number of aromatic nitrogens is 2. The molecule has 0 aliphatic heterocycles. The van der Waals surface area contributed by atoms with Crippen molar-refractivity contribution in [2.24, 2.45) is 0 Å². The molecule has 1 aromatic carbocycles. The van der Waals surface area contributed by atoms with Crippen LogP contribution in [-0.2, 0) is 0 Å². The van der Waals surface area contributed by atoms with Crippen LogP contribution in [0.5, 0.6) is 0 Å². The van der Waals surface area contributed by atoms with Gasteiger partial charge in [0.05, 0.1) is 0 Å². The van der Waals surface area contributed by atoms with Crippen molar-refractivity contribution in [2.45, 2.75) is 27.7 Å². The third-order valence-electron chi connectivity index (χ3n) is 2.95. The van der Waals surface area contributed by atoms with Gasteiger partial charge in [-0.15, -0.1) is 0 Å². The van der Waals surface area contributed by atoms with Crippen molar-refractivity contribution >= 4 is 11.6 Å². The first kappa shape index (κ1) is 13.2. The number of hydrogen-bond donors (Lipinski definition) is 1. The lowest BCUT2D eigenvalue weighted by Gasteiger charge is -2.12. The fourth-order valence-corrected chi connectivity index (χ4v) is 2.13. The quantitative estimate of drug-likeness (QED) is 0.897. The van der Waals surface area contributed by atoms with Crippen LogP contribution in [0, 0.1) is 27.7 Å². The number of benzene rings is 1. The summed E-state index contributed by atoms with van der Waals surface area (Å²) < 4.78 is 0. The highest BCUT2D eigenvalue weighted by Gasteiger charge is 2.11. The molecule has 0 aliphatic carbocycles. The molecule has 0 unspecified atom stereocenters. The van der Waals surface area contributed by atoms with Gasteiger partial charge in [-0.1, -0.05) is 17.7 Å². The fraction of sp³-hybridized carbons (Fsp3) is 0.267. The maximum atomic E-state index is 12.2. The molecule has 0 saturated heterocycles. The normalized spacial score (nSPS) is 10.3. The van der Waals surface area contributed by atoms with Crippen LogP contribution in [0.15, 0.2) is 24.5 Å². The highest BCUT2D eigenvalue weighted by atomic mass is 16.1. The molecule has 1 amide bonds. The second-order valence-corrected chi connectivity index (χ2v) is 4.77. The number of hydrogen-bond acceptors (Lipinski definition) is 3. The van der Waals surface area contributed by atoms with Gasteiger partial charge < -0.3 is 5.32 Å². The predicted octanol–water partition coefficient (Wildman–Crippen LogP) is 2.96. The SMILES string of the molecule is Cc1cc(C)c(NC(=O)c2cc(C)ncn2)c(C)c1. The lowest BCUT2D eigenvalue weighted by atomic mass is 10.0. The molecule has 1 aromatic heterocycles. The smallest absolute Gasteiger partial charge is 0.274 e. The number of nitrogens with one attached hydrogen (secondary N) is 1. The number of carbonyl (C=O) groups excluding carboxylic acids is 1. The fourth-order valence-electron chi connectivity index (χ4n) is 2.13.